The minimum absolute atomic E-state index is 0.000718. The molecule has 0 radical (unpaired) electrons. The maximum absolute atomic E-state index is 13.6. The highest BCUT2D eigenvalue weighted by molar-refractivity contribution is 7.13. The van der Waals surface area contributed by atoms with Gasteiger partial charge in [0.15, 0.2) is 5.78 Å². The van der Waals surface area contributed by atoms with Gasteiger partial charge < -0.3 is 14.6 Å². The van der Waals surface area contributed by atoms with E-state index in [1.165, 1.54) is 30.3 Å². The second-order valence-corrected chi connectivity index (χ2v) is 11.4. The summed E-state index contributed by atoms with van der Waals surface area (Å²) in [4.78, 5) is 65.4. The highest BCUT2D eigenvalue weighted by Gasteiger charge is 2.72. The largest absolute Gasteiger partial charge is 0.496 e. The number of alkyl halides is 3. The van der Waals surface area contributed by atoms with Crippen LogP contribution in [0.4, 0.5) is 13.2 Å². The molecule has 2 amide bonds. The van der Waals surface area contributed by atoms with Gasteiger partial charge in [-0.2, -0.15) is 13.2 Å². The minimum atomic E-state index is -5.08. The summed E-state index contributed by atoms with van der Waals surface area (Å²) in [6.07, 6.45) is -2.95. The van der Waals surface area contributed by atoms with E-state index in [1.54, 1.807) is 14.0 Å². The standard InChI is InChI=1S/C27H30N2O6S.C2HF3O2/c1-5-28-24(31)21-22(25(28)32)27(26(33)35-4)10-6-7-11-29(27)23(21)16-8-9-18(19(12-16)34-3)20-13-17(14-36-20)15(2)30;3-2(4,5)1(6)7/h8-9,12-14,21-23H,5-7,10-11H2,1-4H3;(H,6,7)/t21-,22-,23+,27-;/m0./s1. The zero-order valence-electron chi connectivity index (χ0n) is 23.9. The van der Waals surface area contributed by atoms with Crippen molar-refractivity contribution in [2.75, 3.05) is 27.3 Å². The quantitative estimate of drug-likeness (QED) is 0.284. The van der Waals surface area contributed by atoms with E-state index in [0.717, 1.165) is 28.8 Å². The number of methoxy groups -OCH3 is 2. The Morgan fingerprint density at radius 3 is 2.33 bits per heavy atom. The monoisotopic (exact) mass is 624 g/mol. The number of imide groups is 1. The summed E-state index contributed by atoms with van der Waals surface area (Å²) in [7, 11) is 2.93. The molecule has 0 spiro atoms. The maximum atomic E-state index is 13.6. The second kappa shape index (κ2) is 12.1. The molecule has 3 aliphatic heterocycles. The Morgan fingerprint density at radius 2 is 1.79 bits per heavy atom. The van der Waals surface area contributed by atoms with Crippen LogP contribution in [0.3, 0.4) is 0 Å². The van der Waals surface area contributed by atoms with Crippen LogP contribution in [0.1, 0.15) is 55.1 Å². The summed E-state index contributed by atoms with van der Waals surface area (Å²) >= 11 is 1.46. The Hall–Kier alpha value is -3.78. The first-order chi connectivity index (χ1) is 20.2. The lowest BCUT2D eigenvalue weighted by Gasteiger charge is -2.44. The number of esters is 1. The summed E-state index contributed by atoms with van der Waals surface area (Å²) in [6, 6.07) is 7.17. The molecule has 2 aromatic rings. The van der Waals surface area contributed by atoms with Crippen LogP contribution in [0.2, 0.25) is 0 Å². The molecule has 3 saturated heterocycles. The third-order valence-corrected chi connectivity index (χ3v) is 9.25. The normalized spacial score (nSPS) is 25.0. The molecule has 232 valence electrons. The number of thiophene rings is 1. The van der Waals surface area contributed by atoms with Gasteiger partial charge in [-0.15, -0.1) is 11.3 Å². The molecule has 1 N–H and O–H groups in total. The van der Waals surface area contributed by atoms with Crippen LogP contribution in [0.5, 0.6) is 5.75 Å². The molecule has 14 heteroatoms. The Morgan fingerprint density at radius 1 is 1.12 bits per heavy atom. The third-order valence-electron chi connectivity index (χ3n) is 8.29. The number of amides is 2. The molecule has 10 nitrogen and oxygen atoms in total. The molecular weight excluding hydrogens is 593 g/mol. The third kappa shape index (κ3) is 5.42. The first-order valence-corrected chi connectivity index (χ1v) is 14.4. The van der Waals surface area contributed by atoms with Gasteiger partial charge in [0, 0.05) is 34.0 Å². The molecule has 0 bridgehead atoms. The zero-order chi connectivity index (χ0) is 31.9. The predicted octanol–water partition coefficient (Wildman–Crippen LogP) is 4.33. The van der Waals surface area contributed by atoms with Crippen molar-refractivity contribution in [1.29, 1.82) is 0 Å². The SMILES string of the molecule is CCN1C(=O)[C@@H]2[C@@H](c3ccc(-c4cc(C(C)=O)cs4)c(OC)c3)N3CCCC[C@@]3(C(=O)OC)[C@@H]2C1=O.O=C(O)C(F)(F)F. The number of aliphatic carboxylic acids is 1. The molecule has 0 unspecified atom stereocenters. The number of Topliss-reactive ketones (excluding diaryl/α,β-unsaturated/α-hetero) is 1. The van der Waals surface area contributed by atoms with Crippen molar-refractivity contribution < 1.29 is 51.7 Å². The van der Waals surface area contributed by atoms with Gasteiger partial charge in [0.1, 0.15) is 11.3 Å². The molecule has 1 aromatic heterocycles. The van der Waals surface area contributed by atoms with Crippen molar-refractivity contribution in [3.63, 3.8) is 0 Å². The Kier molecular flexibility index (Phi) is 9.03. The smallest absolute Gasteiger partial charge is 0.490 e. The van der Waals surface area contributed by atoms with Gasteiger partial charge in [-0.05, 0) is 63.4 Å². The number of likely N-dealkylation sites (tertiary alicyclic amines) is 1. The number of piperidine rings is 1. The Bertz CT molecular complexity index is 1460. The highest BCUT2D eigenvalue weighted by atomic mass is 32.1. The Balaban J connectivity index is 0.000000541. The predicted molar refractivity (Wildman–Crippen MR) is 147 cm³/mol. The van der Waals surface area contributed by atoms with Crippen molar-refractivity contribution in [3.8, 4) is 16.2 Å². The van der Waals surface area contributed by atoms with E-state index in [-0.39, 0.29) is 24.1 Å². The summed E-state index contributed by atoms with van der Waals surface area (Å²) in [6.45, 7) is 4.18. The summed E-state index contributed by atoms with van der Waals surface area (Å²) in [5.41, 5.74) is 1.15. The van der Waals surface area contributed by atoms with E-state index in [4.69, 9.17) is 19.4 Å². The zero-order valence-corrected chi connectivity index (χ0v) is 24.7. The number of benzene rings is 1. The number of fused-ring (bicyclic) bond motifs is 3. The minimum Gasteiger partial charge on any atom is -0.496 e. The molecule has 4 heterocycles. The lowest BCUT2D eigenvalue weighted by atomic mass is 9.75. The van der Waals surface area contributed by atoms with Gasteiger partial charge >= 0.3 is 18.1 Å². The lowest BCUT2D eigenvalue weighted by Crippen LogP contribution is -2.59. The van der Waals surface area contributed by atoms with E-state index in [1.807, 2.05) is 34.5 Å². The van der Waals surface area contributed by atoms with Crippen LogP contribution < -0.4 is 4.74 Å². The van der Waals surface area contributed by atoms with Crippen LogP contribution in [-0.4, -0.2) is 83.5 Å². The first-order valence-electron chi connectivity index (χ1n) is 13.5. The van der Waals surface area contributed by atoms with Crippen molar-refractivity contribution in [2.45, 2.75) is 50.9 Å². The number of nitrogens with zero attached hydrogens (tertiary/aromatic N) is 2. The first kappa shape index (κ1) is 32.1. The number of ketones is 1. The average molecular weight is 625 g/mol. The molecule has 3 fully saturated rings. The molecule has 0 aliphatic carbocycles. The van der Waals surface area contributed by atoms with Crippen molar-refractivity contribution in [1.82, 2.24) is 9.80 Å². The molecule has 4 atom stereocenters. The topological polar surface area (TPSA) is 131 Å². The number of carbonyl (C=O) groups is 5. The van der Waals surface area contributed by atoms with E-state index in [0.29, 0.717) is 24.3 Å². The fourth-order valence-electron chi connectivity index (χ4n) is 6.49. The number of ether oxygens (including phenoxy) is 2. The van der Waals surface area contributed by atoms with Crippen molar-refractivity contribution >= 4 is 40.9 Å². The van der Waals surface area contributed by atoms with E-state index in [2.05, 4.69) is 0 Å². The number of hydrogen-bond acceptors (Lipinski definition) is 9. The van der Waals surface area contributed by atoms with Gasteiger partial charge in [-0.25, -0.2) is 4.79 Å². The van der Waals surface area contributed by atoms with Crippen molar-refractivity contribution in [3.05, 3.63) is 40.8 Å². The molecule has 1 aromatic carbocycles. The molecule has 0 saturated carbocycles. The van der Waals surface area contributed by atoms with Crippen molar-refractivity contribution in [2.24, 2.45) is 11.8 Å². The van der Waals surface area contributed by atoms with Crippen LogP contribution >= 0.6 is 11.3 Å². The number of hydrogen-bond donors (Lipinski definition) is 1. The molecule has 3 aliphatic rings. The number of carbonyl (C=O) groups excluding carboxylic acids is 4. The number of rotatable bonds is 6. The van der Waals surface area contributed by atoms with Gasteiger partial charge in [0.25, 0.3) is 0 Å². The fourth-order valence-corrected chi connectivity index (χ4v) is 7.46. The second-order valence-electron chi connectivity index (χ2n) is 10.5. The van der Waals surface area contributed by atoms with Crippen LogP contribution in [0.15, 0.2) is 29.6 Å². The van der Waals surface area contributed by atoms with Gasteiger partial charge in [0.2, 0.25) is 11.8 Å². The highest BCUT2D eigenvalue weighted by Crippen LogP contribution is 2.58. The van der Waals surface area contributed by atoms with Crippen LogP contribution in [0, 0.1) is 11.8 Å². The Labute approximate surface area is 249 Å². The van der Waals surface area contributed by atoms with E-state index in [9.17, 15) is 32.3 Å². The van der Waals surface area contributed by atoms with Gasteiger partial charge in [-0.3, -0.25) is 29.0 Å². The average Bonchev–Trinajstić information content (AvgIpc) is 3.65. The van der Waals surface area contributed by atoms with E-state index >= 15 is 0 Å². The number of carboxylic acids is 1. The summed E-state index contributed by atoms with van der Waals surface area (Å²) in [5, 5.41) is 8.95. The number of halogens is 3. The molecule has 43 heavy (non-hydrogen) atoms. The van der Waals surface area contributed by atoms with Crippen LogP contribution in [-0.2, 0) is 23.9 Å². The molecular formula is C29H31F3N2O8S. The lowest BCUT2D eigenvalue weighted by molar-refractivity contribution is -0.192. The van der Waals surface area contributed by atoms with E-state index < -0.39 is 41.5 Å². The van der Waals surface area contributed by atoms with Gasteiger partial charge in [-0.1, -0.05) is 6.07 Å². The van der Waals surface area contributed by atoms with Gasteiger partial charge in [0.05, 0.1) is 26.1 Å². The maximum Gasteiger partial charge on any atom is 0.490 e. The summed E-state index contributed by atoms with van der Waals surface area (Å²) in [5.74, 6) is -4.56. The fraction of sp³-hybridized carbons (Fsp3) is 0.483. The number of carboxylic acid groups (broad SMARTS) is 1. The summed E-state index contributed by atoms with van der Waals surface area (Å²) < 4.78 is 42.8. The molecule has 5 rings (SSSR count). The van der Waals surface area contributed by atoms with Crippen LogP contribution in [0.25, 0.3) is 10.4 Å².